The summed E-state index contributed by atoms with van der Waals surface area (Å²) in [7, 11) is 1.98. The van der Waals surface area contributed by atoms with Crippen molar-refractivity contribution in [1.82, 2.24) is 15.0 Å². The molecule has 23 heavy (non-hydrogen) atoms. The van der Waals surface area contributed by atoms with E-state index in [1.54, 1.807) is 23.7 Å². The summed E-state index contributed by atoms with van der Waals surface area (Å²) >= 11 is 1.78. The van der Waals surface area contributed by atoms with Gasteiger partial charge < -0.3 is 10.0 Å². The summed E-state index contributed by atoms with van der Waals surface area (Å²) in [5.74, 6) is 1.62. The minimum absolute atomic E-state index is 0.108. The van der Waals surface area contributed by atoms with Gasteiger partial charge in [-0.3, -0.25) is 4.98 Å². The van der Waals surface area contributed by atoms with Gasteiger partial charge in [0.2, 0.25) is 0 Å². The number of aryl methyl sites for hydroxylation is 2. The molecule has 0 unspecified atom stereocenters. The van der Waals surface area contributed by atoms with Crippen molar-refractivity contribution in [3.8, 4) is 11.4 Å². The van der Waals surface area contributed by atoms with E-state index in [9.17, 15) is 5.11 Å². The third-order valence-corrected chi connectivity index (χ3v) is 5.45. The van der Waals surface area contributed by atoms with Gasteiger partial charge in [0.05, 0.1) is 12.0 Å². The molecule has 0 saturated carbocycles. The molecule has 0 radical (unpaired) electrons. The molecule has 1 N–H and O–H groups in total. The van der Waals surface area contributed by atoms with Crippen LogP contribution in [0, 0.1) is 0 Å². The molecule has 0 atom stereocenters. The Kier molecular flexibility index (Phi) is 3.71. The van der Waals surface area contributed by atoms with Crippen LogP contribution >= 0.6 is 11.3 Å². The van der Waals surface area contributed by atoms with Gasteiger partial charge in [-0.1, -0.05) is 0 Å². The smallest absolute Gasteiger partial charge is 0.164 e. The fraction of sp³-hybridized carbons (Fsp3) is 0.353. The highest BCUT2D eigenvalue weighted by Crippen LogP contribution is 2.41. The van der Waals surface area contributed by atoms with Gasteiger partial charge in [-0.05, 0) is 37.0 Å². The molecule has 0 aromatic carbocycles. The molecule has 0 fully saturated rings. The molecule has 6 heteroatoms. The fourth-order valence-corrected chi connectivity index (χ4v) is 4.39. The lowest BCUT2D eigenvalue weighted by molar-refractivity contribution is 0.304. The molecule has 1 aliphatic carbocycles. The van der Waals surface area contributed by atoms with Gasteiger partial charge in [0.25, 0.3) is 0 Å². The molecule has 3 aromatic rings. The van der Waals surface area contributed by atoms with Crippen LogP contribution in [-0.2, 0) is 12.8 Å². The number of rotatable bonds is 4. The molecule has 0 saturated heterocycles. The molecular formula is C17H18N4OS. The number of aliphatic hydroxyl groups is 1. The van der Waals surface area contributed by atoms with Crippen LogP contribution < -0.4 is 4.90 Å². The second kappa shape index (κ2) is 5.86. The molecule has 3 heterocycles. The Bertz CT molecular complexity index is 847. The van der Waals surface area contributed by atoms with Gasteiger partial charge in [-0.2, -0.15) is 0 Å². The van der Waals surface area contributed by atoms with Crippen LogP contribution in [0.15, 0.2) is 24.5 Å². The minimum Gasteiger partial charge on any atom is -0.395 e. The number of hydrogen-bond acceptors (Lipinski definition) is 6. The molecule has 118 valence electrons. The first-order valence-corrected chi connectivity index (χ1v) is 8.64. The lowest BCUT2D eigenvalue weighted by Crippen LogP contribution is -2.23. The first-order valence-electron chi connectivity index (χ1n) is 7.82. The van der Waals surface area contributed by atoms with Gasteiger partial charge in [0.1, 0.15) is 10.6 Å². The van der Waals surface area contributed by atoms with Crippen molar-refractivity contribution in [1.29, 1.82) is 0 Å². The SMILES string of the molecule is CN(CCO)c1nc(-c2cccnc2)nc2sc3c(c12)CCC3. The summed E-state index contributed by atoms with van der Waals surface area (Å²) in [6.07, 6.45) is 7.00. The third-order valence-electron chi connectivity index (χ3n) is 4.26. The molecule has 5 nitrogen and oxygen atoms in total. The number of thiophene rings is 1. The number of anilines is 1. The van der Waals surface area contributed by atoms with Crippen LogP contribution in [0.1, 0.15) is 16.9 Å². The average molecular weight is 326 g/mol. The quantitative estimate of drug-likeness (QED) is 0.799. The summed E-state index contributed by atoms with van der Waals surface area (Å²) in [6.45, 7) is 0.666. The number of pyridine rings is 1. The standard InChI is InChI=1S/C17H18N4OS/c1-21(8-9-22)16-14-12-5-2-6-13(12)23-17(14)20-15(19-16)11-4-3-7-18-10-11/h3-4,7,10,22H,2,5-6,8-9H2,1H3. The first-order chi connectivity index (χ1) is 11.3. The van der Waals surface area contributed by atoms with E-state index in [1.165, 1.54) is 22.2 Å². The first kappa shape index (κ1) is 14.5. The molecule has 1 aliphatic rings. The normalized spacial score (nSPS) is 13.5. The number of hydrogen-bond donors (Lipinski definition) is 1. The van der Waals surface area contributed by atoms with Crippen molar-refractivity contribution in [2.45, 2.75) is 19.3 Å². The maximum atomic E-state index is 9.31. The molecule has 4 rings (SSSR count). The van der Waals surface area contributed by atoms with Crippen molar-refractivity contribution >= 4 is 27.4 Å². The topological polar surface area (TPSA) is 62.1 Å². The van der Waals surface area contributed by atoms with E-state index >= 15 is 0 Å². The van der Waals surface area contributed by atoms with E-state index in [4.69, 9.17) is 9.97 Å². The monoisotopic (exact) mass is 326 g/mol. The number of likely N-dealkylation sites (N-methyl/N-ethyl adjacent to an activating group) is 1. The second-order valence-corrected chi connectivity index (χ2v) is 6.88. The Morgan fingerprint density at radius 1 is 1.30 bits per heavy atom. The van der Waals surface area contributed by atoms with Crippen molar-refractivity contribution in [3.63, 3.8) is 0 Å². The van der Waals surface area contributed by atoms with E-state index in [-0.39, 0.29) is 6.61 Å². The Morgan fingerprint density at radius 3 is 3.00 bits per heavy atom. The summed E-state index contributed by atoms with van der Waals surface area (Å²) in [4.78, 5) is 18.3. The lowest BCUT2D eigenvalue weighted by atomic mass is 10.1. The summed E-state index contributed by atoms with van der Waals surface area (Å²) in [5.41, 5.74) is 2.32. The number of nitrogens with zero attached hydrogens (tertiary/aromatic N) is 4. The van der Waals surface area contributed by atoms with E-state index in [0.29, 0.717) is 12.4 Å². The van der Waals surface area contributed by atoms with Gasteiger partial charge in [0, 0.05) is 36.4 Å². The zero-order chi connectivity index (χ0) is 15.8. The summed E-state index contributed by atoms with van der Waals surface area (Å²) < 4.78 is 0. The maximum Gasteiger partial charge on any atom is 0.164 e. The van der Waals surface area contributed by atoms with E-state index in [2.05, 4.69) is 4.98 Å². The molecular weight excluding hydrogens is 308 g/mol. The number of aliphatic hydroxyl groups excluding tert-OH is 1. The molecule has 0 amide bonds. The Balaban J connectivity index is 1.94. The van der Waals surface area contributed by atoms with Crippen molar-refractivity contribution in [3.05, 3.63) is 35.0 Å². The van der Waals surface area contributed by atoms with Crippen LogP contribution in [0.3, 0.4) is 0 Å². The maximum absolute atomic E-state index is 9.31. The van der Waals surface area contributed by atoms with Crippen LogP contribution in [-0.4, -0.2) is 40.3 Å². The fourth-order valence-electron chi connectivity index (χ4n) is 3.13. The van der Waals surface area contributed by atoms with Gasteiger partial charge in [-0.15, -0.1) is 11.3 Å². The van der Waals surface area contributed by atoms with Crippen molar-refractivity contribution in [2.24, 2.45) is 0 Å². The van der Waals surface area contributed by atoms with Gasteiger partial charge in [-0.25, -0.2) is 9.97 Å². The summed E-state index contributed by atoms with van der Waals surface area (Å²) in [5, 5.41) is 10.5. The largest absolute Gasteiger partial charge is 0.395 e. The zero-order valence-corrected chi connectivity index (χ0v) is 13.8. The van der Waals surface area contributed by atoms with Crippen molar-refractivity contribution in [2.75, 3.05) is 25.1 Å². The molecule has 3 aromatic heterocycles. The van der Waals surface area contributed by atoms with Gasteiger partial charge >= 0.3 is 0 Å². The molecule has 0 aliphatic heterocycles. The Morgan fingerprint density at radius 2 is 2.22 bits per heavy atom. The van der Waals surface area contributed by atoms with E-state index < -0.39 is 0 Å². The van der Waals surface area contributed by atoms with Crippen LogP contribution in [0.4, 0.5) is 5.82 Å². The third kappa shape index (κ3) is 2.48. The minimum atomic E-state index is 0.108. The lowest BCUT2D eigenvalue weighted by Gasteiger charge is -2.19. The highest BCUT2D eigenvalue weighted by atomic mass is 32.1. The second-order valence-electron chi connectivity index (χ2n) is 5.80. The highest BCUT2D eigenvalue weighted by Gasteiger charge is 2.24. The average Bonchev–Trinajstić information content (AvgIpc) is 3.15. The van der Waals surface area contributed by atoms with E-state index in [0.717, 1.165) is 29.1 Å². The van der Waals surface area contributed by atoms with Gasteiger partial charge in [0.15, 0.2) is 5.82 Å². The predicted molar refractivity (Wildman–Crippen MR) is 93.0 cm³/mol. The van der Waals surface area contributed by atoms with Crippen LogP contribution in [0.2, 0.25) is 0 Å². The Hall–Kier alpha value is -2.05. The number of fused-ring (bicyclic) bond motifs is 3. The number of aromatic nitrogens is 3. The highest BCUT2D eigenvalue weighted by molar-refractivity contribution is 7.19. The zero-order valence-electron chi connectivity index (χ0n) is 13.0. The van der Waals surface area contributed by atoms with Crippen LogP contribution in [0.25, 0.3) is 21.6 Å². The van der Waals surface area contributed by atoms with Crippen LogP contribution in [0.5, 0.6) is 0 Å². The predicted octanol–water partition coefficient (Wildman–Crippen LogP) is 2.67. The van der Waals surface area contributed by atoms with Crippen molar-refractivity contribution < 1.29 is 5.11 Å². The molecule has 0 spiro atoms. The van der Waals surface area contributed by atoms with E-state index in [1.807, 2.05) is 24.1 Å². The Labute approximate surface area is 138 Å². The summed E-state index contributed by atoms with van der Waals surface area (Å²) in [6, 6.07) is 3.87. The molecule has 0 bridgehead atoms.